The number of aliphatic hydroxyl groups excluding tert-OH is 1. The maximum absolute atomic E-state index is 12.8. The molecule has 0 spiro atoms. The molecule has 0 aromatic carbocycles. The number of rotatable bonds is 45. The second-order valence-electron chi connectivity index (χ2n) is 16.2. The summed E-state index contributed by atoms with van der Waals surface area (Å²) in [5.41, 5.74) is 0. The van der Waals surface area contributed by atoms with Crippen LogP contribution in [0.1, 0.15) is 188 Å². The first-order chi connectivity index (χ1) is 32.2. The van der Waals surface area contributed by atoms with Crippen LogP contribution in [0.4, 0.5) is 0 Å². The molecule has 0 radical (unpaired) electrons. The van der Waals surface area contributed by atoms with Crippen LogP contribution in [0, 0.1) is 0 Å². The summed E-state index contributed by atoms with van der Waals surface area (Å²) in [4.78, 5) is 48.2. The number of ether oxygens (including phenoxy) is 3. The maximum atomic E-state index is 12.8. The molecule has 0 rings (SSSR count). The van der Waals surface area contributed by atoms with E-state index in [1.54, 1.807) is 0 Å². The zero-order valence-corrected chi connectivity index (χ0v) is 42.0. The normalized spacial score (nSPS) is 14.3. The van der Waals surface area contributed by atoms with Crippen LogP contribution in [0.2, 0.25) is 0 Å². The van der Waals surface area contributed by atoms with Crippen LogP contribution in [0.5, 0.6) is 0 Å². The van der Waals surface area contributed by atoms with Gasteiger partial charge in [0.15, 0.2) is 6.10 Å². The van der Waals surface area contributed by atoms with Gasteiger partial charge in [0.2, 0.25) is 0 Å². The van der Waals surface area contributed by atoms with Crippen LogP contribution in [-0.4, -0.2) is 66.5 Å². The van der Waals surface area contributed by atoms with Crippen LogP contribution in [0.3, 0.4) is 0 Å². The molecule has 376 valence electrons. The second kappa shape index (κ2) is 47.9. The van der Waals surface area contributed by atoms with Crippen LogP contribution < -0.4 is 0 Å². The molecule has 3 atom stereocenters. The number of hydrogen-bond acceptors (Lipinski definition) is 10. The number of aliphatic hydroxyl groups is 1. The molecular formula is C54H89O11P. The summed E-state index contributed by atoms with van der Waals surface area (Å²) in [6, 6.07) is 0. The van der Waals surface area contributed by atoms with Gasteiger partial charge < -0.3 is 24.2 Å². The van der Waals surface area contributed by atoms with Gasteiger partial charge in [0, 0.05) is 19.3 Å². The molecule has 11 nitrogen and oxygen atoms in total. The first kappa shape index (κ1) is 62.4. The average molecular weight is 945 g/mol. The summed E-state index contributed by atoms with van der Waals surface area (Å²) >= 11 is 0. The highest BCUT2D eigenvalue weighted by atomic mass is 31.2. The third-order valence-electron chi connectivity index (χ3n) is 10.0. The summed E-state index contributed by atoms with van der Waals surface area (Å²) < 4.78 is 39.2. The molecule has 0 saturated heterocycles. The Hall–Kier alpha value is -3.60. The molecule has 3 unspecified atom stereocenters. The molecular weight excluding hydrogens is 856 g/mol. The highest BCUT2D eigenvalue weighted by Crippen LogP contribution is 2.43. The fraction of sp³-hybridized carbons (Fsp3) is 0.648. The van der Waals surface area contributed by atoms with Crippen molar-refractivity contribution in [1.82, 2.24) is 0 Å². The Balaban J connectivity index is 4.90. The third kappa shape index (κ3) is 45.6. The lowest BCUT2D eigenvalue weighted by Gasteiger charge is -2.21. The minimum Gasteiger partial charge on any atom is -0.462 e. The highest BCUT2D eigenvalue weighted by molar-refractivity contribution is 7.47. The first-order valence-electron chi connectivity index (χ1n) is 25.1. The lowest BCUT2D eigenvalue weighted by Crippen LogP contribution is -2.30. The summed E-state index contributed by atoms with van der Waals surface area (Å²) in [7, 11) is -4.76. The standard InChI is InChI=1S/C54H89O11P/c1-4-7-10-13-16-19-21-23-24-25-26-28-30-33-36-39-42-45-54(58)65-51(47-61-52(56)43-40-37-34-32-29-27-22-20-17-14-11-8-5-2)49-63-66(59,60)62-48-50(46-55)64-53(57)44-41-38-35-31-18-15-12-9-6-3/h7-8,10-11,16-17,19-20,23-24,26-29,33,36,50-51,55H,4-6,9,12-15,18,21-22,25,30-32,34-35,37-49H2,1-3H3,(H,59,60)/b10-7-,11-8-,19-16-,20-17-,24-23-,28-26-,29-27-,36-33-. The molecule has 0 heterocycles. The fourth-order valence-corrected chi connectivity index (χ4v) is 7.01. The lowest BCUT2D eigenvalue weighted by atomic mass is 10.1. The second-order valence-corrected chi connectivity index (χ2v) is 17.7. The number of carbonyl (C=O) groups is 3. The minimum atomic E-state index is -4.76. The summed E-state index contributed by atoms with van der Waals surface area (Å²) in [5.74, 6) is -1.58. The van der Waals surface area contributed by atoms with E-state index in [-0.39, 0.29) is 25.9 Å². The number of unbranched alkanes of at least 4 members (excludes halogenated alkanes) is 12. The van der Waals surface area contributed by atoms with E-state index in [0.29, 0.717) is 25.7 Å². The smallest absolute Gasteiger partial charge is 0.462 e. The summed E-state index contributed by atoms with van der Waals surface area (Å²) in [6.45, 7) is 4.25. The van der Waals surface area contributed by atoms with Gasteiger partial charge in [0.05, 0.1) is 19.8 Å². The number of phosphoric acid groups is 1. The largest absolute Gasteiger partial charge is 0.472 e. The van der Waals surface area contributed by atoms with Gasteiger partial charge >= 0.3 is 25.7 Å². The Morgan fingerprint density at radius 2 is 0.803 bits per heavy atom. The minimum absolute atomic E-state index is 0.0790. The van der Waals surface area contributed by atoms with Crippen molar-refractivity contribution in [2.24, 2.45) is 0 Å². The van der Waals surface area contributed by atoms with Gasteiger partial charge in [0.25, 0.3) is 0 Å². The molecule has 0 fully saturated rings. The van der Waals surface area contributed by atoms with Crippen LogP contribution in [0.15, 0.2) is 97.2 Å². The maximum Gasteiger partial charge on any atom is 0.472 e. The topological polar surface area (TPSA) is 155 Å². The van der Waals surface area contributed by atoms with Crippen molar-refractivity contribution in [2.75, 3.05) is 26.4 Å². The van der Waals surface area contributed by atoms with Crippen molar-refractivity contribution in [3.63, 3.8) is 0 Å². The number of hydrogen-bond donors (Lipinski definition) is 2. The number of esters is 3. The Morgan fingerprint density at radius 1 is 0.439 bits per heavy atom. The Bertz CT molecular complexity index is 1480. The van der Waals surface area contributed by atoms with E-state index >= 15 is 0 Å². The number of carbonyl (C=O) groups excluding carboxylic acids is 3. The highest BCUT2D eigenvalue weighted by Gasteiger charge is 2.28. The Kier molecular flexibility index (Phi) is 45.3. The molecule has 0 saturated carbocycles. The zero-order chi connectivity index (χ0) is 48.4. The van der Waals surface area contributed by atoms with Gasteiger partial charge in [0.1, 0.15) is 12.7 Å². The van der Waals surface area contributed by atoms with E-state index in [1.165, 1.54) is 32.1 Å². The van der Waals surface area contributed by atoms with Crippen LogP contribution in [-0.2, 0) is 42.2 Å². The van der Waals surface area contributed by atoms with Crippen molar-refractivity contribution in [3.05, 3.63) is 97.2 Å². The molecule has 0 amide bonds. The summed E-state index contributed by atoms with van der Waals surface area (Å²) in [6.07, 6.45) is 54.0. The fourth-order valence-electron chi connectivity index (χ4n) is 6.23. The van der Waals surface area contributed by atoms with Gasteiger partial charge in [-0.2, -0.15) is 0 Å². The van der Waals surface area contributed by atoms with E-state index in [1.807, 2.05) is 12.2 Å². The molecule has 12 heteroatoms. The molecule has 0 aliphatic heterocycles. The van der Waals surface area contributed by atoms with E-state index in [2.05, 4.69) is 106 Å². The molecule has 0 bridgehead atoms. The van der Waals surface area contributed by atoms with Crippen molar-refractivity contribution in [2.45, 2.75) is 200 Å². The molecule has 0 aliphatic rings. The van der Waals surface area contributed by atoms with Crippen molar-refractivity contribution < 1.29 is 52.2 Å². The van der Waals surface area contributed by atoms with Gasteiger partial charge in [-0.1, -0.05) is 176 Å². The van der Waals surface area contributed by atoms with Gasteiger partial charge in [-0.15, -0.1) is 0 Å². The SMILES string of the molecule is CC/C=C\C/C=C\C/C=C\C/C=C\C/C=C\CCCC(=O)OC(COC(=O)CCCCC/C=C\C/C=C\C/C=C\CC)COP(=O)(O)OCC(CO)OC(=O)CCCCCCCCCCC. The lowest BCUT2D eigenvalue weighted by molar-refractivity contribution is -0.161. The number of phosphoric ester groups is 1. The van der Waals surface area contributed by atoms with Crippen molar-refractivity contribution in [3.8, 4) is 0 Å². The average Bonchev–Trinajstić information content (AvgIpc) is 3.30. The van der Waals surface area contributed by atoms with Gasteiger partial charge in [-0.25, -0.2) is 4.57 Å². The summed E-state index contributed by atoms with van der Waals surface area (Å²) in [5, 5.41) is 9.73. The molecule has 66 heavy (non-hydrogen) atoms. The predicted octanol–water partition coefficient (Wildman–Crippen LogP) is 14.1. The third-order valence-corrected chi connectivity index (χ3v) is 11.0. The Labute approximate surface area is 400 Å². The van der Waals surface area contributed by atoms with E-state index in [9.17, 15) is 28.9 Å². The molecule has 0 aliphatic carbocycles. The van der Waals surface area contributed by atoms with E-state index in [0.717, 1.165) is 89.9 Å². The quantitative estimate of drug-likeness (QED) is 0.0197. The van der Waals surface area contributed by atoms with Gasteiger partial charge in [-0.05, 0) is 89.9 Å². The zero-order valence-electron chi connectivity index (χ0n) is 41.1. The van der Waals surface area contributed by atoms with Crippen molar-refractivity contribution >= 4 is 25.7 Å². The van der Waals surface area contributed by atoms with Crippen LogP contribution in [0.25, 0.3) is 0 Å². The Morgan fingerprint density at radius 3 is 1.27 bits per heavy atom. The van der Waals surface area contributed by atoms with E-state index < -0.39 is 57.8 Å². The van der Waals surface area contributed by atoms with Crippen LogP contribution >= 0.6 is 7.82 Å². The van der Waals surface area contributed by atoms with Gasteiger partial charge in [-0.3, -0.25) is 23.4 Å². The molecule has 0 aromatic rings. The van der Waals surface area contributed by atoms with Crippen molar-refractivity contribution in [1.29, 1.82) is 0 Å². The first-order valence-corrected chi connectivity index (χ1v) is 26.6. The molecule has 2 N–H and O–H groups in total. The molecule has 0 aromatic heterocycles. The number of allylic oxidation sites excluding steroid dienone is 16. The monoisotopic (exact) mass is 945 g/mol. The van der Waals surface area contributed by atoms with E-state index in [4.69, 9.17) is 23.3 Å². The predicted molar refractivity (Wildman–Crippen MR) is 270 cm³/mol.